The molecule has 0 bridgehead atoms. The van der Waals surface area contributed by atoms with Crippen molar-refractivity contribution in [2.45, 2.75) is 24.8 Å². The van der Waals surface area contributed by atoms with E-state index in [1.807, 2.05) is 0 Å². The van der Waals surface area contributed by atoms with Gasteiger partial charge in [-0.05, 0) is 31.5 Å². The Morgan fingerprint density at radius 3 is 2.58 bits per heavy atom. The minimum atomic E-state index is -3.91. The number of carbonyl (C=O) groups excluding carboxylic acids is 1. The first kappa shape index (κ1) is 15.7. The minimum absolute atomic E-state index is 0.0618. The molecule has 106 valence electrons. The van der Waals surface area contributed by atoms with Crippen LogP contribution in [-0.4, -0.2) is 27.5 Å². The van der Waals surface area contributed by atoms with Crippen LogP contribution in [0.15, 0.2) is 17.0 Å². The molecule has 1 aromatic rings. The maximum absolute atomic E-state index is 12.2. The number of methoxy groups -OCH3 is 1. The highest BCUT2D eigenvalue weighted by Gasteiger charge is 2.25. The third-order valence-corrected chi connectivity index (χ3v) is 4.43. The molecule has 0 fully saturated rings. The van der Waals surface area contributed by atoms with E-state index in [4.69, 9.17) is 17.3 Å². The molecule has 0 amide bonds. The van der Waals surface area contributed by atoms with Gasteiger partial charge in [-0.25, -0.2) is 8.42 Å². The third-order valence-electron chi connectivity index (χ3n) is 2.54. The van der Waals surface area contributed by atoms with Crippen LogP contribution in [0.4, 0.5) is 5.69 Å². The fourth-order valence-corrected chi connectivity index (χ4v) is 3.26. The van der Waals surface area contributed by atoms with Crippen molar-refractivity contribution in [3.8, 4) is 0 Å². The Morgan fingerprint density at radius 2 is 2.05 bits per heavy atom. The van der Waals surface area contributed by atoms with Gasteiger partial charge in [-0.1, -0.05) is 11.6 Å². The van der Waals surface area contributed by atoms with Crippen molar-refractivity contribution in [3.63, 3.8) is 0 Å². The zero-order chi connectivity index (χ0) is 14.8. The first-order valence-corrected chi connectivity index (χ1v) is 7.21. The van der Waals surface area contributed by atoms with E-state index in [0.29, 0.717) is 5.56 Å². The smallest absolute Gasteiger partial charge is 0.323 e. The number of carbonyl (C=O) groups is 1. The number of halogens is 1. The van der Waals surface area contributed by atoms with Crippen LogP contribution >= 0.6 is 11.6 Å². The lowest BCUT2D eigenvalue weighted by atomic mass is 10.2. The Bertz CT molecular complexity index is 601. The molecule has 3 N–H and O–H groups in total. The van der Waals surface area contributed by atoms with Gasteiger partial charge in [0.2, 0.25) is 10.0 Å². The number of benzene rings is 1. The van der Waals surface area contributed by atoms with Crippen molar-refractivity contribution in [1.29, 1.82) is 0 Å². The summed E-state index contributed by atoms with van der Waals surface area (Å²) in [6, 6.07) is 1.73. The lowest BCUT2D eigenvalue weighted by molar-refractivity contribution is -0.142. The number of nitrogens with two attached hydrogens (primary N) is 1. The fraction of sp³-hybridized carbons (Fsp3) is 0.364. The summed E-state index contributed by atoms with van der Waals surface area (Å²) in [5.41, 5.74) is 6.30. The quantitative estimate of drug-likeness (QED) is 0.640. The van der Waals surface area contributed by atoms with Gasteiger partial charge in [-0.3, -0.25) is 4.79 Å². The Balaban J connectivity index is 3.18. The molecule has 0 aliphatic heterocycles. The SMILES string of the molecule is COC(=O)C(C)NS(=O)(=O)c1cc(Cl)cc(N)c1C. The Hall–Kier alpha value is -1.31. The number of hydrogen-bond acceptors (Lipinski definition) is 5. The van der Waals surface area contributed by atoms with Gasteiger partial charge in [0.15, 0.2) is 0 Å². The van der Waals surface area contributed by atoms with Crippen LogP contribution in [-0.2, 0) is 19.6 Å². The normalized spacial score (nSPS) is 13.1. The number of sulfonamides is 1. The van der Waals surface area contributed by atoms with Gasteiger partial charge in [0, 0.05) is 10.7 Å². The molecule has 19 heavy (non-hydrogen) atoms. The van der Waals surface area contributed by atoms with Gasteiger partial charge in [0.05, 0.1) is 12.0 Å². The molecule has 0 aromatic heterocycles. The van der Waals surface area contributed by atoms with E-state index in [2.05, 4.69) is 9.46 Å². The molecular weight excluding hydrogens is 292 g/mol. The molecule has 1 atom stereocenters. The number of esters is 1. The van der Waals surface area contributed by atoms with Crippen molar-refractivity contribution in [1.82, 2.24) is 4.72 Å². The Kier molecular flexibility index (Phi) is 4.78. The summed E-state index contributed by atoms with van der Waals surface area (Å²) in [7, 11) is -2.73. The molecule has 1 unspecified atom stereocenters. The highest BCUT2D eigenvalue weighted by molar-refractivity contribution is 7.89. The number of ether oxygens (including phenoxy) is 1. The van der Waals surface area contributed by atoms with E-state index in [1.54, 1.807) is 6.92 Å². The summed E-state index contributed by atoms with van der Waals surface area (Å²) in [5, 5.41) is 0.203. The number of anilines is 1. The van der Waals surface area contributed by atoms with Crippen LogP contribution in [0.3, 0.4) is 0 Å². The van der Waals surface area contributed by atoms with E-state index >= 15 is 0 Å². The molecule has 8 heteroatoms. The van der Waals surface area contributed by atoms with Gasteiger partial charge >= 0.3 is 5.97 Å². The zero-order valence-electron chi connectivity index (χ0n) is 10.7. The van der Waals surface area contributed by atoms with Crippen molar-refractivity contribution >= 4 is 33.3 Å². The Morgan fingerprint density at radius 1 is 1.47 bits per heavy atom. The van der Waals surface area contributed by atoms with Gasteiger partial charge < -0.3 is 10.5 Å². The van der Waals surface area contributed by atoms with Crippen LogP contribution in [0, 0.1) is 6.92 Å². The lowest BCUT2D eigenvalue weighted by Crippen LogP contribution is -2.39. The average molecular weight is 307 g/mol. The van der Waals surface area contributed by atoms with Gasteiger partial charge in [-0.2, -0.15) is 4.72 Å². The summed E-state index contributed by atoms with van der Waals surface area (Å²) in [4.78, 5) is 11.2. The predicted octanol–water partition coefficient (Wildman–Crippen LogP) is 1.07. The predicted molar refractivity (Wildman–Crippen MR) is 72.4 cm³/mol. The second kappa shape index (κ2) is 5.77. The number of hydrogen-bond donors (Lipinski definition) is 2. The van der Waals surface area contributed by atoms with E-state index in [1.165, 1.54) is 26.2 Å². The summed E-state index contributed by atoms with van der Waals surface area (Å²) >= 11 is 5.79. The topological polar surface area (TPSA) is 98.5 Å². The van der Waals surface area contributed by atoms with E-state index in [9.17, 15) is 13.2 Å². The second-order valence-electron chi connectivity index (χ2n) is 3.98. The summed E-state index contributed by atoms with van der Waals surface area (Å²) in [5.74, 6) is -0.684. The van der Waals surface area contributed by atoms with Gasteiger partial charge in [0.1, 0.15) is 6.04 Å². The molecule has 0 saturated heterocycles. The number of nitrogen functional groups attached to an aromatic ring is 1. The molecular formula is C11H15ClN2O4S. The van der Waals surface area contributed by atoms with Crippen molar-refractivity contribution in [2.75, 3.05) is 12.8 Å². The summed E-state index contributed by atoms with van der Waals surface area (Å²) in [6.45, 7) is 2.94. The Labute approximate surface area is 116 Å². The van der Waals surface area contributed by atoms with E-state index < -0.39 is 22.0 Å². The van der Waals surface area contributed by atoms with E-state index in [-0.39, 0.29) is 15.6 Å². The zero-order valence-corrected chi connectivity index (χ0v) is 12.3. The van der Waals surface area contributed by atoms with Crippen molar-refractivity contribution in [2.24, 2.45) is 0 Å². The van der Waals surface area contributed by atoms with Crippen LogP contribution in [0.2, 0.25) is 5.02 Å². The molecule has 0 aliphatic carbocycles. The van der Waals surface area contributed by atoms with Crippen LogP contribution in [0.5, 0.6) is 0 Å². The molecule has 0 aliphatic rings. The molecule has 1 aromatic carbocycles. The third kappa shape index (κ3) is 3.59. The van der Waals surface area contributed by atoms with E-state index in [0.717, 1.165) is 0 Å². The molecule has 0 heterocycles. The standard InChI is InChI=1S/C11H15ClN2O4S/c1-6-9(13)4-8(12)5-10(6)19(16,17)14-7(2)11(15)18-3/h4-5,7,14H,13H2,1-3H3. The maximum Gasteiger partial charge on any atom is 0.323 e. The lowest BCUT2D eigenvalue weighted by Gasteiger charge is -2.14. The molecule has 0 radical (unpaired) electrons. The van der Waals surface area contributed by atoms with Crippen molar-refractivity contribution < 1.29 is 17.9 Å². The largest absolute Gasteiger partial charge is 0.468 e. The average Bonchev–Trinajstić information content (AvgIpc) is 2.31. The molecule has 1 rings (SSSR count). The monoisotopic (exact) mass is 306 g/mol. The molecule has 0 saturated carbocycles. The maximum atomic E-state index is 12.2. The van der Waals surface area contributed by atoms with Crippen LogP contribution in [0.1, 0.15) is 12.5 Å². The number of rotatable bonds is 4. The minimum Gasteiger partial charge on any atom is -0.468 e. The summed E-state index contributed by atoms with van der Waals surface area (Å²) < 4.78 is 31.0. The highest BCUT2D eigenvalue weighted by Crippen LogP contribution is 2.26. The fourth-order valence-electron chi connectivity index (χ4n) is 1.47. The van der Waals surface area contributed by atoms with Crippen LogP contribution < -0.4 is 10.5 Å². The molecule has 6 nitrogen and oxygen atoms in total. The second-order valence-corrected chi connectivity index (χ2v) is 6.10. The first-order chi connectivity index (χ1) is 8.69. The van der Waals surface area contributed by atoms with Crippen LogP contribution in [0.25, 0.3) is 0 Å². The summed E-state index contributed by atoms with van der Waals surface area (Å²) in [6.07, 6.45) is 0. The first-order valence-electron chi connectivity index (χ1n) is 5.35. The van der Waals surface area contributed by atoms with Gasteiger partial charge in [0.25, 0.3) is 0 Å². The molecule has 0 spiro atoms. The number of nitrogens with one attached hydrogen (secondary N) is 1. The highest BCUT2D eigenvalue weighted by atomic mass is 35.5. The van der Waals surface area contributed by atoms with Gasteiger partial charge in [-0.15, -0.1) is 0 Å². The van der Waals surface area contributed by atoms with Crippen molar-refractivity contribution in [3.05, 3.63) is 22.7 Å².